The van der Waals surface area contributed by atoms with Crippen molar-refractivity contribution in [2.75, 3.05) is 17.2 Å². The van der Waals surface area contributed by atoms with Gasteiger partial charge in [0.2, 0.25) is 16.7 Å². The molecule has 4 heterocycles. The lowest BCUT2D eigenvalue weighted by molar-refractivity contribution is -0.150. The number of anilines is 1. The normalized spacial score (nSPS) is 18.5. The smallest absolute Gasteiger partial charge is 0.352 e. The number of aromatic nitrogens is 6. The highest BCUT2D eigenvalue weighted by molar-refractivity contribution is 8.01. The van der Waals surface area contributed by atoms with Crippen LogP contribution in [-0.4, -0.2) is 86.0 Å². The number of tetrazole rings is 1. The molecule has 2 amide bonds. The molecule has 0 spiro atoms. The lowest BCUT2D eigenvalue weighted by Gasteiger charge is -2.49. The number of fused-ring (bicyclic) bond motifs is 1. The first-order valence-electron chi connectivity index (χ1n) is 11.6. The molecule has 19 heteroatoms. The Labute approximate surface area is 249 Å². The zero-order valence-corrected chi connectivity index (χ0v) is 23.9. The van der Waals surface area contributed by atoms with Crippen molar-refractivity contribution < 1.29 is 24.3 Å². The number of β-lactam (4-membered cyclic amide) rings is 1. The van der Waals surface area contributed by atoms with Gasteiger partial charge in [-0.15, -0.1) is 23.4 Å². The summed E-state index contributed by atoms with van der Waals surface area (Å²) in [7, 11) is 0. The minimum absolute atomic E-state index is 0.0943. The van der Waals surface area contributed by atoms with Gasteiger partial charge in [-0.1, -0.05) is 34.6 Å². The summed E-state index contributed by atoms with van der Waals surface area (Å²) in [6.45, 7) is 4.05. The van der Waals surface area contributed by atoms with E-state index in [0.29, 0.717) is 28.0 Å². The number of nitrogens with one attached hydrogen (secondary N) is 1. The van der Waals surface area contributed by atoms with Gasteiger partial charge in [-0.2, -0.15) is 9.36 Å². The molecule has 2 aliphatic rings. The van der Waals surface area contributed by atoms with Gasteiger partial charge < -0.3 is 21.0 Å². The number of aliphatic carboxylic acids is 1. The fourth-order valence-electron chi connectivity index (χ4n) is 3.80. The van der Waals surface area contributed by atoms with Gasteiger partial charge in [-0.25, -0.2) is 9.48 Å². The molecular formula is C22H19ClN10O5S3. The molecule has 15 nitrogen and oxygen atoms in total. The van der Waals surface area contributed by atoms with E-state index in [0.717, 1.165) is 11.5 Å². The number of nitrogens with two attached hydrogens (primary N) is 1. The lowest BCUT2D eigenvalue weighted by Crippen LogP contribution is -2.71. The molecule has 2 aliphatic heterocycles. The van der Waals surface area contributed by atoms with Gasteiger partial charge in [-0.3, -0.25) is 14.5 Å². The first-order chi connectivity index (χ1) is 19.8. The van der Waals surface area contributed by atoms with E-state index in [4.69, 9.17) is 22.2 Å². The van der Waals surface area contributed by atoms with Crippen molar-refractivity contribution in [3.8, 4) is 5.75 Å². The quantitative estimate of drug-likeness (QED) is 0.0894. The van der Waals surface area contributed by atoms with E-state index < -0.39 is 29.2 Å². The van der Waals surface area contributed by atoms with Gasteiger partial charge in [0, 0.05) is 28.1 Å². The summed E-state index contributed by atoms with van der Waals surface area (Å²) in [5.74, 6) is -1.89. The van der Waals surface area contributed by atoms with Crippen molar-refractivity contribution in [1.29, 1.82) is 0 Å². The van der Waals surface area contributed by atoms with Crippen LogP contribution in [0.5, 0.6) is 5.75 Å². The summed E-state index contributed by atoms with van der Waals surface area (Å²) in [6.07, 6.45) is 1.63. The zero-order valence-electron chi connectivity index (χ0n) is 20.7. The molecule has 5 rings (SSSR count). The number of hydrogen-bond donors (Lipinski definition) is 3. The van der Waals surface area contributed by atoms with E-state index in [2.05, 4.69) is 41.9 Å². The minimum Gasteiger partial charge on any atom is -0.477 e. The molecule has 3 aromatic rings. The molecule has 212 valence electrons. The van der Waals surface area contributed by atoms with E-state index >= 15 is 0 Å². The maximum Gasteiger partial charge on any atom is 0.352 e. The number of nitrogen functional groups attached to an aromatic ring is 1. The largest absolute Gasteiger partial charge is 0.477 e. The number of amides is 2. The van der Waals surface area contributed by atoms with Gasteiger partial charge in [-0.05, 0) is 40.3 Å². The molecule has 41 heavy (non-hydrogen) atoms. The summed E-state index contributed by atoms with van der Waals surface area (Å²) >= 11 is 9.31. The second-order valence-electron chi connectivity index (χ2n) is 8.28. The Balaban J connectivity index is 1.31. The highest BCUT2D eigenvalue weighted by Gasteiger charge is 2.54. The molecule has 2 atom stereocenters. The number of hydrogen-bond acceptors (Lipinski definition) is 14. The summed E-state index contributed by atoms with van der Waals surface area (Å²) < 4.78 is 5.55. The van der Waals surface area contributed by atoms with Crippen LogP contribution in [-0.2, 0) is 20.9 Å². The van der Waals surface area contributed by atoms with Gasteiger partial charge >= 0.3 is 5.97 Å². The first kappa shape index (κ1) is 28.5. The summed E-state index contributed by atoms with van der Waals surface area (Å²) in [4.78, 5) is 49.1. The van der Waals surface area contributed by atoms with Crippen molar-refractivity contribution in [2.45, 2.75) is 23.1 Å². The second-order valence-corrected chi connectivity index (χ2v) is 11.5. The van der Waals surface area contributed by atoms with Crippen LogP contribution in [0.25, 0.3) is 0 Å². The summed E-state index contributed by atoms with van der Waals surface area (Å²) in [6, 6.07) is 5.23. The zero-order chi connectivity index (χ0) is 29.1. The Bertz CT molecular complexity index is 1570. The van der Waals surface area contributed by atoms with Crippen LogP contribution in [0.15, 0.2) is 58.5 Å². The van der Waals surface area contributed by atoms with Crippen LogP contribution in [0.1, 0.15) is 5.82 Å². The summed E-state index contributed by atoms with van der Waals surface area (Å²) in [5.41, 5.74) is 5.76. The van der Waals surface area contributed by atoms with Gasteiger partial charge in [0.05, 0.1) is 6.54 Å². The Morgan fingerprint density at radius 2 is 2.15 bits per heavy atom. The molecule has 1 aromatic carbocycles. The number of oxime groups is 1. The molecule has 2 aromatic heterocycles. The number of carboxylic acid groups (broad SMARTS) is 1. The molecule has 0 radical (unpaired) electrons. The van der Waals surface area contributed by atoms with Crippen LogP contribution >= 0.6 is 46.7 Å². The van der Waals surface area contributed by atoms with Crippen molar-refractivity contribution in [2.24, 2.45) is 5.16 Å². The minimum atomic E-state index is -1.25. The highest BCUT2D eigenvalue weighted by Crippen LogP contribution is 2.41. The third-order valence-electron chi connectivity index (χ3n) is 5.64. The van der Waals surface area contributed by atoms with Crippen LogP contribution in [0.4, 0.5) is 5.13 Å². The molecule has 2 unspecified atom stereocenters. The maximum atomic E-state index is 13.3. The summed E-state index contributed by atoms with van der Waals surface area (Å²) in [5, 5.41) is 28.3. The lowest BCUT2D eigenvalue weighted by atomic mass is 10.0. The van der Waals surface area contributed by atoms with E-state index in [9.17, 15) is 19.5 Å². The molecule has 1 saturated heterocycles. The topological polar surface area (TPSA) is 204 Å². The number of nitrogens with zero attached hydrogens (tertiary/aromatic N) is 8. The fourth-order valence-corrected chi connectivity index (χ4v) is 6.73. The number of carbonyl (C=O) groups excluding carboxylic acids is 2. The Morgan fingerprint density at radius 3 is 2.83 bits per heavy atom. The standard InChI is InChI=1S/C22H19ClN10O5S3/c1-2-7-32-22(27-30-31-32)40-9-10-8-39-19-14(18(35)33(19)15(10)20(36)37)25-17(34)13(16-26-21(24)41-29-16)28-38-12-5-3-11(23)4-6-12/h2-6,14,19H,1,7-9H2,(H,25,34)(H,36,37)(H2,24,26,29)/b28-13+. The molecule has 0 saturated carbocycles. The second kappa shape index (κ2) is 12.2. The SMILES string of the molecule is C=CCn1nnnc1SCC1=C(C(=O)O)N2C(=O)C(NC(=O)/C(=N/Oc3ccc(Cl)cc3)c3nsc(N)n3)C2SC1. The van der Waals surface area contributed by atoms with Crippen molar-refractivity contribution >= 4 is 75.3 Å². The van der Waals surface area contributed by atoms with Gasteiger partial charge in [0.15, 0.2) is 10.9 Å². The van der Waals surface area contributed by atoms with Crippen LogP contribution in [0.3, 0.4) is 0 Å². The molecule has 0 bridgehead atoms. The number of allylic oxidation sites excluding steroid dienone is 1. The number of rotatable bonds is 11. The number of carbonyl (C=O) groups is 3. The van der Waals surface area contributed by atoms with E-state index in [1.807, 2.05) is 0 Å². The predicted molar refractivity (Wildman–Crippen MR) is 151 cm³/mol. The third kappa shape index (κ3) is 6.04. The number of halogens is 1. The molecule has 0 aliphatic carbocycles. The number of benzene rings is 1. The Kier molecular flexibility index (Phi) is 8.52. The third-order valence-corrected chi connectivity index (χ3v) is 8.82. The molecule has 1 fully saturated rings. The van der Waals surface area contributed by atoms with Crippen LogP contribution in [0.2, 0.25) is 5.02 Å². The van der Waals surface area contributed by atoms with E-state index in [1.165, 1.54) is 33.1 Å². The van der Waals surface area contributed by atoms with Crippen molar-refractivity contribution in [1.82, 2.24) is 39.8 Å². The van der Waals surface area contributed by atoms with Crippen LogP contribution < -0.4 is 15.9 Å². The number of carboxylic acids is 1. The average molecular weight is 635 g/mol. The van der Waals surface area contributed by atoms with Gasteiger partial charge in [0.1, 0.15) is 17.1 Å². The first-order valence-corrected chi connectivity index (χ1v) is 14.8. The number of thioether (sulfide) groups is 2. The fraction of sp³-hybridized carbons (Fsp3) is 0.227. The maximum absolute atomic E-state index is 13.3. The molecular weight excluding hydrogens is 616 g/mol. The monoisotopic (exact) mass is 634 g/mol. The van der Waals surface area contributed by atoms with E-state index in [1.54, 1.807) is 30.3 Å². The Hall–Kier alpha value is -4.00. The Morgan fingerprint density at radius 1 is 1.37 bits per heavy atom. The van der Waals surface area contributed by atoms with Crippen LogP contribution in [0, 0.1) is 0 Å². The highest BCUT2D eigenvalue weighted by atomic mass is 35.5. The van der Waals surface area contributed by atoms with Crippen molar-refractivity contribution in [3.05, 3.63) is 59.0 Å². The van der Waals surface area contributed by atoms with Gasteiger partial charge in [0.25, 0.3) is 11.8 Å². The molecule has 4 N–H and O–H groups in total. The predicted octanol–water partition coefficient (Wildman–Crippen LogP) is 1.26. The van der Waals surface area contributed by atoms with E-state index in [-0.39, 0.29) is 33.9 Å². The van der Waals surface area contributed by atoms with Crippen molar-refractivity contribution in [3.63, 3.8) is 0 Å². The average Bonchev–Trinajstić information content (AvgIpc) is 3.59.